The maximum absolute atomic E-state index is 13.3. The number of allylic oxidation sites excluding steroid dienone is 1. The molecule has 4 rings (SSSR count). The van der Waals surface area contributed by atoms with E-state index in [-0.39, 0.29) is 17.2 Å². The van der Waals surface area contributed by atoms with E-state index in [1.807, 2.05) is 0 Å². The number of anilines is 1. The average Bonchev–Trinajstić information content (AvgIpc) is 3.14. The minimum Gasteiger partial charge on any atom is -0.297 e. The van der Waals surface area contributed by atoms with Gasteiger partial charge < -0.3 is 0 Å². The number of amides is 2. The molecule has 2 fully saturated rings. The molecule has 3 heterocycles. The molecular formula is C20H20N4O5. The second-order valence-electron chi connectivity index (χ2n) is 8.42. The van der Waals surface area contributed by atoms with Gasteiger partial charge in [-0.2, -0.15) is 5.10 Å². The van der Waals surface area contributed by atoms with Crippen LogP contribution in [0.3, 0.4) is 0 Å². The van der Waals surface area contributed by atoms with Crippen LogP contribution in [0.25, 0.3) is 0 Å². The molecule has 2 saturated heterocycles. The molecule has 9 heteroatoms. The van der Waals surface area contributed by atoms with Gasteiger partial charge in [-0.25, -0.2) is 4.90 Å². The van der Waals surface area contributed by atoms with Crippen molar-refractivity contribution >= 4 is 35.2 Å². The lowest BCUT2D eigenvalue weighted by atomic mass is 9.80. The third-order valence-corrected chi connectivity index (χ3v) is 5.62. The van der Waals surface area contributed by atoms with E-state index in [1.54, 1.807) is 44.1 Å². The van der Waals surface area contributed by atoms with Crippen LogP contribution in [0.1, 0.15) is 20.8 Å². The smallest absolute Gasteiger partial charge is 0.269 e. The van der Waals surface area contributed by atoms with Crippen molar-refractivity contribution in [3.05, 3.63) is 46.5 Å². The first-order valence-electron chi connectivity index (χ1n) is 9.28. The van der Waals surface area contributed by atoms with Gasteiger partial charge in [0.05, 0.1) is 28.5 Å². The van der Waals surface area contributed by atoms with E-state index in [0.29, 0.717) is 0 Å². The molecule has 1 aromatic carbocycles. The van der Waals surface area contributed by atoms with E-state index in [2.05, 4.69) is 5.10 Å². The van der Waals surface area contributed by atoms with Crippen LogP contribution in [0.4, 0.5) is 11.4 Å². The lowest BCUT2D eigenvalue weighted by Crippen LogP contribution is -2.49. The first-order chi connectivity index (χ1) is 13.6. The minimum absolute atomic E-state index is 0.135. The van der Waals surface area contributed by atoms with E-state index in [4.69, 9.17) is 0 Å². The van der Waals surface area contributed by atoms with Crippen LogP contribution < -0.4 is 4.90 Å². The molecule has 9 nitrogen and oxygen atoms in total. The van der Waals surface area contributed by atoms with Crippen LogP contribution in [0.2, 0.25) is 0 Å². The lowest BCUT2D eigenvalue weighted by molar-refractivity contribution is -0.384. The number of non-ortho nitro benzene ring substituents is 1. The van der Waals surface area contributed by atoms with Gasteiger partial charge >= 0.3 is 0 Å². The fourth-order valence-corrected chi connectivity index (χ4v) is 4.26. The molecule has 0 unspecified atom stereocenters. The summed E-state index contributed by atoms with van der Waals surface area (Å²) in [6.45, 7) is 5.32. The molecule has 0 saturated carbocycles. The molecule has 150 valence electrons. The number of hydrazone groups is 1. The van der Waals surface area contributed by atoms with Crippen LogP contribution in [-0.4, -0.2) is 45.8 Å². The number of ketones is 1. The van der Waals surface area contributed by atoms with Gasteiger partial charge in [-0.05, 0) is 18.2 Å². The quantitative estimate of drug-likeness (QED) is 0.438. The molecule has 3 aliphatic heterocycles. The Labute approximate surface area is 166 Å². The molecule has 0 bridgehead atoms. The number of carbonyl (C=O) groups is 3. The monoisotopic (exact) mass is 396 g/mol. The summed E-state index contributed by atoms with van der Waals surface area (Å²) in [5.74, 6) is -2.64. The van der Waals surface area contributed by atoms with Crippen molar-refractivity contribution in [2.75, 3.05) is 4.90 Å². The van der Waals surface area contributed by atoms with Crippen LogP contribution in [-0.2, 0) is 14.4 Å². The summed E-state index contributed by atoms with van der Waals surface area (Å²) in [6, 6.07) is 3.92. The van der Waals surface area contributed by atoms with Gasteiger partial charge in [-0.15, -0.1) is 0 Å². The van der Waals surface area contributed by atoms with Crippen molar-refractivity contribution in [2.45, 2.75) is 32.9 Å². The van der Waals surface area contributed by atoms with Gasteiger partial charge in [0, 0.05) is 23.8 Å². The molecule has 0 spiro atoms. The molecule has 0 aromatic heterocycles. The molecular weight excluding hydrogens is 376 g/mol. The summed E-state index contributed by atoms with van der Waals surface area (Å²) in [5, 5.41) is 16.8. The van der Waals surface area contributed by atoms with E-state index in [1.165, 1.54) is 24.3 Å². The molecule has 29 heavy (non-hydrogen) atoms. The van der Waals surface area contributed by atoms with Crippen LogP contribution in [0.5, 0.6) is 0 Å². The maximum Gasteiger partial charge on any atom is 0.269 e. The topological polar surface area (TPSA) is 113 Å². The summed E-state index contributed by atoms with van der Waals surface area (Å²) < 4.78 is 0. The first-order valence-corrected chi connectivity index (χ1v) is 9.28. The van der Waals surface area contributed by atoms with Gasteiger partial charge in [-0.3, -0.25) is 29.5 Å². The Balaban J connectivity index is 1.75. The summed E-state index contributed by atoms with van der Waals surface area (Å²) in [5.41, 5.74) is -0.591. The summed E-state index contributed by atoms with van der Waals surface area (Å²) >= 11 is 0. The zero-order valence-electron chi connectivity index (χ0n) is 16.2. The number of carbonyl (C=O) groups excluding carboxylic acids is 3. The Hall–Kier alpha value is -3.36. The van der Waals surface area contributed by atoms with Gasteiger partial charge in [0.2, 0.25) is 11.8 Å². The fourth-order valence-electron chi connectivity index (χ4n) is 4.26. The second-order valence-corrected chi connectivity index (χ2v) is 8.42. The number of rotatable bonds is 3. The number of nitrogens with zero attached hydrogens (tertiary/aromatic N) is 4. The van der Waals surface area contributed by atoms with Crippen molar-refractivity contribution in [1.82, 2.24) is 5.01 Å². The number of hydrogen-bond donors (Lipinski definition) is 0. The van der Waals surface area contributed by atoms with Crippen molar-refractivity contribution in [2.24, 2.45) is 22.4 Å². The maximum atomic E-state index is 13.3. The van der Waals surface area contributed by atoms with E-state index < -0.39 is 46.1 Å². The van der Waals surface area contributed by atoms with E-state index >= 15 is 0 Å². The number of Topliss-reactive ketones (excluding diaryl/α,β-unsaturated/α-hetero) is 1. The molecule has 0 aliphatic carbocycles. The third kappa shape index (κ3) is 2.76. The predicted octanol–water partition coefficient (Wildman–Crippen LogP) is 1.92. The standard InChI is InChI=1S/C20H20N4O5/c1-20(2,3)17(25)16-15-14(13-5-4-10-21-23(13)16)18(26)22(19(15)27)11-6-8-12(9-7-11)24(28)29/h4-10,13-16H,1-3H3/t13-,14-,15+,16-/m1/s1. The Morgan fingerprint density at radius 3 is 2.31 bits per heavy atom. The van der Waals surface area contributed by atoms with E-state index in [9.17, 15) is 24.5 Å². The molecule has 0 N–H and O–H groups in total. The second kappa shape index (κ2) is 6.33. The van der Waals surface area contributed by atoms with Gasteiger partial charge in [0.15, 0.2) is 5.78 Å². The number of imide groups is 1. The van der Waals surface area contributed by atoms with Crippen molar-refractivity contribution in [3.63, 3.8) is 0 Å². The first kappa shape index (κ1) is 19.0. The highest BCUT2D eigenvalue weighted by Gasteiger charge is 2.64. The van der Waals surface area contributed by atoms with Crippen molar-refractivity contribution < 1.29 is 19.3 Å². The highest BCUT2D eigenvalue weighted by atomic mass is 16.6. The lowest BCUT2D eigenvalue weighted by Gasteiger charge is -2.33. The van der Waals surface area contributed by atoms with Gasteiger partial charge in [0.1, 0.15) is 6.04 Å². The van der Waals surface area contributed by atoms with Crippen molar-refractivity contribution in [3.8, 4) is 0 Å². The zero-order chi connectivity index (χ0) is 21.1. The third-order valence-electron chi connectivity index (χ3n) is 5.62. The molecule has 3 aliphatic rings. The Morgan fingerprint density at radius 1 is 1.10 bits per heavy atom. The predicted molar refractivity (Wildman–Crippen MR) is 104 cm³/mol. The Morgan fingerprint density at radius 2 is 1.72 bits per heavy atom. The van der Waals surface area contributed by atoms with Gasteiger partial charge in [0.25, 0.3) is 5.69 Å². The highest BCUT2D eigenvalue weighted by Crippen LogP contribution is 2.47. The average molecular weight is 396 g/mol. The number of nitro benzene ring substituents is 1. The molecule has 1 aromatic rings. The molecule has 0 radical (unpaired) electrons. The number of hydrogen-bond acceptors (Lipinski definition) is 7. The number of fused-ring (bicyclic) bond motifs is 3. The Kier molecular flexibility index (Phi) is 4.14. The fraction of sp³-hybridized carbons (Fsp3) is 0.400. The SMILES string of the molecule is CC(C)(C)C(=O)[C@H]1[C@H]2C(=O)N(c3ccc([N+](=O)[O-])cc3)C(=O)[C@@H]2[C@H]2C=CC=NN21. The summed E-state index contributed by atoms with van der Waals surface area (Å²) in [6.07, 6.45) is 5.03. The van der Waals surface area contributed by atoms with Crippen LogP contribution in [0.15, 0.2) is 41.5 Å². The number of benzene rings is 1. The largest absolute Gasteiger partial charge is 0.297 e. The molecule has 2 amide bonds. The Bertz CT molecular complexity index is 976. The molecule has 4 atom stereocenters. The van der Waals surface area contributed by atoms with Crippen LogP contribution in [0, 0.1) is 27.4 Å². The normalized spacial score (nSPS) is 28.0. The summed E-state index contributed by atoms with van der Waals surface area (Å²) in [7, 11) is 0. The zero-order valence-corrected chi connectivity index (χ0v) is 16.2. The highest BCUT2D eigenvalue weighted by molar-refractivity contribution is 6.24. The van der Waals surface area contributed by atoms with Gasteiger partial charge in [-0.1, -0.05) is 26.8 Å². The van der Waals surface area contributed by atoms with Crippen LogP contribution >= 0.6 is 0 Å². The van der Waals surface area contributed by atoms with E-state index in [0.717, 1.165) is 4.90 Å². The minimum atomic E-state index is -0.852. The summed E-state index contributed by atoms with van der Waals surface area (Å²) in [4.78, 5) is 51.1. The van der Waals surface area contributed by atoms with Crippen molar-refractivity contribution in [1.29, 1.82) is 0 Å². The number of nitro groups is 1.